The van der Waals surface area contributed by atoms with Gasteiger partial charge in [0, 0.05) is 0 Å². The largest absolute Gasteiger partial charge is 0.493 e. The lowest BCUT2D eigenvalue weighted by atomic mass is 10.3. The molecular weight excluding hydrogens is 210 g/mol. The molecule has 0 saturated heterocycles. The number of aromatic nitrogens is 1. The van der Waals surface area contributed by atoms with Crippen molar-refractivity contribution in [3.05, 3.63) is 30.9 Å². The summed E-state index contributed by atoms with van der Waals surface area (Å²) in [5, 5.41) is 0. The minimum Gasteiger partial charge on any atom is -0.493 e. The summed E-state index contributed by atoms with van der Waals surface area (Å²) >= 11 is 0. The van der Waals surface area contributed by atoms with Crippen molar-refractivity contribution in [3.63, 3.8) is 0 Å². The predicted molar refractivity (Wildman–Crippen MR) is 56.1 cm³/mol. The van der Waals surface area contributed by atoms with Crippen molar-refractivity contribution < 1.29 is 18.6 Å². The number of benzene rings is 1. The summed E-state index contributed by atoms with van der Waals surface area (Å²) in [6, 6.07) is 5.36. The van der Waals surface area contributed by atoms with Gasteiger partial charge in [0.2, 0.25) is 5.75 Å². The summed E-state index contributed by atoms with van der Waals surface area (Å²) < 4.78 is 20.7. The molecule has 2 aromatic rings. The maximum absolute atomic E-state index is 5.51. The summed E-state index contributed by atoms with van der Waals surface area (Å²) in [5.74, 6) is 1.97. The van der Waals surface area contributed by atoms with Crippen LogP contribution in [0.25, 0.3) is 0 Å². The van der Waals surface area contributed by atoms with E-state index in [1.165, 1.54) is 12.7 Å². The van der Waals surface area contributed by atoms with Crippen molar-refractivity contribution in [1.29, 1.82) is 0 Å². The Morgan fingerprint density at radius 3 is 2.31 bits per heavy atom. The summed E-state index contributed by atoms with van der Waals surface area (Å²) in [4.78, 5) is 3.86. The van der Waals surface area contributed by atoms with Gasteiger partial charge in [0.25, 0.3) is 5.88 Å². The molecule has 0 atom stereocenters. The van der Waals surface area contributed by atoms with Crippen LogP contribution in [-0.4, -0.2) is 19.2 Å². The highest BCUT2D eigenvalue weighted by atomic mass is 16.5. The van der Waals surface area contributed by atoms with Crippen molar-refractivity contribution in [2.24, 2.45) is 0 Å². The fraction of sp³-hybridized carbons (Fsp3) is 0.182. The van der Waals surface area contributed by atoms with E-state index in [4.69, 9.17) is 18.6 Å². The van der Waals surface area contributed by atoms with Gasteiger partial charge in [0.15, 0.2) is 24.2 Å². The molecule has 5 nitrogen and oxygen atoms in total. The van der Waals surface area contributed by atoms with E-state index in [2.05, 4.69) is 4.98 Å². The molecule has 0 N–H and O–H groups in total. The number of methoxy groups -OCH3 is 2. The Labute approximate surface area is 92.6 Å². The minimum absolute atomic E-state index is 0.350. The first-order valence-electron chi connectivity index (χ1n) is 4.62. The van der Waals surface area contributed by atoms with Crippen LogP contribution in [0.5, 0.6) is 23.1 Å². The average Bonchev–Trinajstić information content (AvgIpc) is 2.82. The van der Waals surface area contributed by atoms with Crippen molar-refractivity contribution in [1.82, 2.24) is 4.98 Å². The van der Waals surface area contributed by atoms with E-state index in [1.807, 2.05) is 6.07 Å². The summed E-state index contributed by atoms with van der Waals surface area (Å²) in [7, 11) is 3.12. The highest BCUT2D eigenvalue weighted by Gasteiger charge is 2.13. The number of hydrogen-bond acceptors (Lipinski definition) is 5. The molecule has 1 aromatic carbocycles. The normalized spacial score (nSPS) is 9.88. The highest BCUT2D eigenvalue weighted by molar-refractivity contribution is 5.52. The SMILES string of the molecule is COc1cccc(OC)c1Oc1cocn1. The fourth-order valence-corrected chi connectivity index (χ4v) is 1.27. The Morgan fingerprint density at radius 1 is 1.12 bits per heavy atom. The first kappa shape index (κ1) is 10.4. The fourth-order valence-electron chi connectivity index (χ4n) is 1.27. The van der Waals surface area contributed by atoms with Gasteiger partial charge < -0.3 is 18.6 Å². The molecule has 0 spiro atoms. The van der Waals surface area contributed by atoms with E-state index in [-0.39, 0.29) is 0 Å². The molecule has 0 aliphatic rings. The Bertz CT molecular complexity index is 431. The molecule has 16 heavy (non-hydrogen) atoms. The van der Waals surface area contributed by atoms with Crippen LogP contribution in [0.15, 0.2) is 35.3 Å². The van der Waals surface area contributed by atoms with Gasteiger partial charge in [-0.3, -0.25) is 0 Å². The highest BCUT2D eigenvalue weighted by Crippen LogP contribution is 2.39. The van der Waals surface area contributed by atoms with E-state index in [0.29, 0.717) is 23.1 Å². The third-order valence-electron chi connectivity index (χ3n) is 2.00. The lowest BCUT2D eigenvalue weighted by molar-refractivity contribution is 0.341. The van der Waals surface area contributed by atoms with Crippen LogP contribution in [0.4, 0.5) is 0 Å². The molecule has 0 aliphatic carbocycles. The lowest BCUT2D eigenvalue weighted by Crippen LogP contribution is -1.94. The molecular formula is C11H11NO4. The van der Waals surface area contributed by atoms with E-state index >= 15 is 0 Å². The smallest absolute Gasteiger partial charge is 0.258 e. The topological polar surface area (TPSA) is 53.7 Å². The van der Waals surface area contributed by atoms with Gasteiger partial charge in [0.1, 0.15) is 0 Å². The number of rotatable bonds is 4. The third kappa shape index (κ3) is 1.93. The van der Waals surface area contributed by atoms with E-state index < -0.39 is 0 Å². The minimum atomic E-state index is 0.350. The zero-order valence-electron chi connectivity index (χ0n) is 8.97. The maximum atomic E-state index is 5.51. The lowest BCUT2D eigenvalue weighted by Gasteiger charge is -2.11. The van der Waals surface area contributed by atoms with E-state index in [1.54, 1.807) is 26.4 Å². The predicted octanol–water partition coefficient (Wildman–Crippen LogP) is 2.48. The summed E-state index contributed by atoms with van der Waals surface area (Å²) in [5.41, 5.74) is 0. The van der Waals surface area contributed by atoms with Crippen LogP contribution in [0.2, 0.25) is 0 Å². The molecule has 2 rings (SSSR count). The second-order valence-electron chi connectivity index (χ2n) is 2.92. The van der Waals surface area contributed by atoms with Crippen LogP contribution < -0.4 is 14.2 Å². The molecule has 1 heterocycles. The van der Waals surface area contributed by atoms with Gasteiger partial charge in [-0.05, 0) is 12.1 Å². The second-order valence-corrected chi connectivity index (χ2v) is 2.92. The first-order valence-corrected chi connectivity index (χ1v) is 4.62. The summed E-state index contributed by atoms with van der Waals surface area (Å²) in [6.07, 6.45) is 2.68. The Kier molecular flexibility index (Phi) is 2.95. The van der Waals surface area contributed by atoms with Gasteiger partial charge in [0.05, 0.1) is 14.2 Å². The van der Waals surface area contributed by atoms with E-state index in [9.17, 15) is 0 Å². The molecule has 5 heteroatoms. The van der Waals surface area contributed by atoms with Crippen LogP contribution in [0, 0.1) is 0 Å². The molecule has 0 radical (unpaired) electrons. The van der Waals surface area contributed by atoms with Gasteiger partial charge in [-0.25, -0.2) is 0 Å². The average molecular weight is 221 g/mol. The van der Waals surface area contributed by atoms with Gasteiger partial charge in [-0.15, -0.1) is 0 Å². The number of hydrogen-bond donors (Lipinski definition) is 0. The maximum Gasteiger partial charge on any atom is 0.258 e. The first-order chi connectivity index (χ1) is 7.85. The molecule has 0 aliphatic heterocycles. The van der Waals surface area contributed by atoms with Crippen LogP contribution in [0.1, 0.15) is 0 Å². The molecule has 0 unspecified atom stereocenters. The Morgan fingerprint density at radius 2 is 1.81 bits per heavy atom. The van der Waals surface area contributed by atoms with Gasteiger partial charge in [-0.1, -0.05) is 6.07 Å². The van der Waals surface area contributed by atoms with Crippen LogP contribution >= 0.6 is 0 Å². The van der Waals surface area contributed by atoms with Gasteiger partial charge >= 0.3 is 0 Å². The molecule has 0 saturated carbocycles. The molecule has 0 fully saturated rings. The summed E-state index contributed by atoms with van der Waals surface area (Å²) in [6.45, 7) is 0. The molecule has 84 valence electrons. The van der Waals surface area contributed by atoms with Crippen molar-refractivity contribution >= 4 is 0 Å². The molecule has 0 amide bonds. The standard InChI is InChI=1S/C11H11NO4/c1-13-8-4-3-5-9(14-2)11(8)16-10-6-15-7-12-10/h3-7H,1-2H3. The zero-order valence-corrected chi connectivity index (χ0v) is 8.97. The Hall–Kier alpha value is -2.17. The van der Waals surface area contributed by atoms with Crippen molar-refractivity contribution in [2.45, 2.75) is 0 Å². The number of ether oxygens (including phenoxy) is 3. The third-order valence-corrected chi connectivity index (χ3v) is 2.00. The van der Waals surface area contributed by atoms with Crippen LogP contribution in [-0.2, 0) is 0 Å². The van der Waals surface area contributed by atoms with E-state index in [0.717, 1.165) is 0 Å². The molecule has 0 bridgehead atoms. The number of para-hydroxylation sites is 1. The van der Waals surface area contributed by atoms with Crippen molar-refractivity contribution in [2.75, 3.05) is 14.2 Å². The second kappa shape index (κ2) is 4.57. The molecule has 1 aromatic heterocycles. The number of nitrogens with zero attached hydrogens (tertiary/aromatic N) is 1. The van der Waals surface area contributed by atoms with Gasteiger partial charge in [-0.2, -0.15) is 4.98 Å². The monoisotopic (exact) mass is 221 g/mol. The number of oxazole rings is 1. The Balaban J connectivity index is 2.37. The van der Waals surface area contributed by atoms with Crippen molar-refractivity contribution in [3.8, 4) is 23.1 Å². The van der Waals surface area contributed by atoms with Crippen LogP contribution in [0.3, 0.4) is 0 Å². The quantitative estimate of drug-likeness (QED) is 0.793. The zero-order chi connectivity index (χ0) is 11.4.